The lowest BCUT2D eigenvalue weighted by Crippen LogP contribution is -2.44. The Morgan fingerprint density at radius 1 is 1.48 bits per heavy atom. The molecule has 1 aliphatic rings. The van der Waals surface area contributed by atoms with Crippen LogP contribution in [0.5, 0.6) is 0 Å². The predicted molar refractivity (Wildman–Crippen MR) is 84.9 cm³/mol. The first-order chi connectivity index (χ1) is 10.4. The van der Waals surface area contributed by atoms with Crippen LogP contribution in [-0.4, -0.2) is 56.5 Å². The molecule has 1 aromatic heterocycles. The lowest BCUT2D eigenvalue weighted by molar-refractivity contribution is -0.125. The Hall–Kier alpha value is -1.22. The van der Waals surface area contributed by atoms with E-state index in [1.807, 2.05) is 0 Å². The van der Waals surface area contributed by atoms with E-state index in [0.29, 0.717) is 25.3 Å². The topological polar surface area (TPSA) is 110 Å². The number of nitrogens with zero attached hydrogens (tertiary/aromatic N) is 3. The van der Waals surface area contributed by atoms with E-state index in [1.54, 1.807) is 31.8 Å². The van der Waals surface area contributed by atoms with E-state index in [0.717, 1.165) is 0 Å². The highest BCUT2D eigenvalue weighted by atomic mass is 35.5. The van der Waals surface area contributed by atoms with Gasteiger partial charge in [0.15, 0.2) is 0 Å². The van der Waals surface area contributed by atoms with Gasteiger partial charge >= 0.3 is 0 Å². The molecule has 0 spiro atoms. The van der Waals surface area contributed by atoms with E-state index >= 15 is 0 Å². The van der Waals surface area contributed by atoms with E-state index < -0.39 is 18.2 Å². The van der Waals surface area contributed by atoms with Crippen molar-refractivity contribution >= 4 is 18.3 Å². The standard InChI is InChI=1S/C14H24N4O4.ClH/c1-8(2)14(21)15-11-4-9(12(19)13(11)20)5-18-6-10(7-22-3)16-17-18;/h6,8-9,11-13,19-20H,4-5,7H2,1-3H3,(H,15,21);1H/t9-,11-,12-,13+;/m1./s1. The summed E-state index contributed by atoms with van der Waals surface area (Å²) in [5, 5.41) is 31.0. The zero-order chi connectivity index (χ0) is 16.3. The van der Waals surface area contributed by atoms with Crippen LogP contribution >= 0.6 is 12.4 Å². The third-order valence-electron chi connectivity index (χ3n) is 3.95. The van der Waals surface area contributed by atoms with Crippen LogP contribution in [0, 0.1) is 11.8 Å². The van der Waals surface area contributed by atoms with Crippen molar-refractivity contribution in [2.24, 2.45) is 11.8 Å². The third-order valence-corrected chi connectivity index (χ3v) is 3.95. The Morgan fingerprint density at radius 3 is 2.78 bits per heavy atom. The van der Waals surface area contributed by atoms with Crippen LogP contribution in [0.3, 0.4) is 0 Å². The molecule has 132 valence electrons. The van der Waals surface area contributed by atoms with Gasteiger partial charge in [-0.15, -0.1) is 17.5 Å². The van der Waals surface area contributed by atoms with Crippen LogP contribution in [0.2, 0.25) is 0 Å². The van der Waals surface area contributed by atoms with E-state index in [4.69, 9.17) is 4.74 Å². The van der Waals surface area contributed by atoms with Crippen molar-refractivity contribution in [1.29, 1.82) is 0 Å². The molecule has 1 fully saturated rings. The van der Waals surface area contributed by atoms with Crippen molar-refractivity contribution in [2.45, 2.75) is 51.7 Å². The number of aliphatic hydroxyl groups excluding tert-OH is 2. The molecule has 4 atom stereocenters. The minimum atomic E-state index is -0.963. The summed E-state index contributed by atoms with van der Waals surface area (Å²) in [6, 6.07) is -0.433. The minimum Gasteiger partial charge on any atom is -0.390 e. The lowest BCUT2D eigenvalue weighted by Gasteiger charge is -2.19. The van der Waals surface area contributed by atoms with Crippen molar-refractivity contribution in [2.75, 3.05) is 7.11 Å². The monoisotopic (exact) mass is 348 g/mol. The number of rotatable bonds is 6. The molecule has 1 aromatic rings. The fourth-order valence-electron chi connectivity index (χ4n) is 2.68. The van der Waals surface area contributed by atoms with Crippen LogP contribution < -0.4 is 5.32 Å². The van der Waals surface area contributed by atoms with Gasteiger partial charge in [-0.05, 0) is 6.42 Å². The summed E-state index contributed by atoms with van der Waals surface area (Å²) in [7, 11) is 1.58. The predicted octanol–water partition coefficient (Wildman–Crippen LogP) is -0.271. The molecular weight excluding hydrogens is 324 g/mol. The number of methoxy groups -OCH3 is 1. The van der Waals surface area contributed by atoms with Crippen LogP contribution in [0.4, 0.5) is 0 Å². The van der Waals surface area contributed by atoms with Crippen molar-refractivity contribution < 1.29 is 19.7 Å². The average Bonchev–Trinajstić information content (AvgIpc) is 3.00. The van der Waals surface area contributed by atoms with Crippen molar-refractivity contribution in [3.8, 4) is 0 Å². The molecule has 0 unspecified atom stereocenters. The molecule has 2 rings (SSSR count). The van der Waals surface area contributed by atoms with Crippen molar-refractivity contribution in [3.05, 3.63) is 11.9 Å². The fourth-order valence-corrected chi connectivity index (χ4v) is 2.68. The number of amides is 1. The van der Waals surface area contributed by atoms with Gasteiger partial charge in [0.1, 0.15) is 11.8 Å². The maximum Gasteiger partial charge on any atom is 0.222 e. The normalized spacial score (nSPS) is 27.0. The van der Waals surface area contributed by atoms with Gasteiger partial charge in [-0.2, -0.15) is 0 Å². The summed E-state index contributed by atoms with van der Waals surface area (Å²) in [5.74, 6) is -0.472. The molecule has 0 aliphatic heterocycles. The highest BCUT2D eigenvalue weighted by Crippen LogP contribution is 2.28. The van der Waals surface area contributed by atoms with Gasteiger partial charge in [0.05, 0.1) is 24.9 Å². The Labute approximate surface area is 141 Å². The third kappa shape index (κ3) is 4.87. The molecule has 0 bridgehead atoms. The molecule has 1 saturated carbocycles. The fraction of sp³-hybridized carbons (Fsp3) is 0.786. The minimum absolute atomic E-state index is 0. The van der Waals surface area contributed by atoms with Crippen LogP contribution in [0.1, 0.15) is 26.0 Å². The Bertz CT molecular complexity index is 511. The number of halogens is 1. The summed E-state index contributed by atoms with van der Waals surface area (Å²) in [5.41, 5.74) is 0.709. The Kier molecular flexibility index (Phi) is 7.40. The number of hydrogen-bond donors (Lipinski definition) is 3. The van der Waals surface area contributed by atoms with E-state index in [-0.39, 0.29) is 30.2 Å². The van der Waals surface area contributed by atoms with E-state index in [9.17, 15) is 15.0 Å². The summed E-state index contributed by atoms with van der Waals surface area (Å²) < 4.78 is 6.61. The number of hydrogen-bond acceptors (Lipinski definition) is 6. The smallest absolute Gasteiger partial charge is 0.222 e. The molecule has 1 aliphatic carbocycles. The molecule has 0 aromatic carbocycles. The molecule has 0 saturated heterocycles. The van der Waals surface area contributed by atoms with Crippen LogP contribution in [0.25, 0.3) is 0 Å². The largest absolute Gasteiger partial charge is 0.390 e. The number of nitrogens with one attached hydrogen (secondary N) is 1. The first kappa shape index (κ1) is 19.8. The molecule has 1 amide bonds. The van der Waals surface area contributed by atoms with Crippen molar-refractivity contribution in [3.63, 3.8) is 0 Å². The summed E-state index contributed by atoms with van der Waals surface area (Å²) >= 11 is 0. The SMILES string of the molecule is COCc1cn(C[C@H]2C[C@@H](NC(=O)C(C)C)[C@H](O)[C@@H]2O)nn1.Cl. The number of ether oxygens (including phenoxy) is 1. The second kappa shape index (κ2) is 8.58. The number of carbonyl (C=O) groups excluding carboxylic acids is 1. The summed E-state index contributed by atoms with van der Waals surface area (Å²) in [6.45, 7) is 4.39. The molecule has 3 N–H and O–H groups in total. The van der Waals surface area contributed by atoms with E-state index in [2.05, 4.69) is 15.6 Å². The Morgan fingerprint density at radius 2 is 2.17 bits per heavy atom. The number of aliphatic hydroxyl groups is 2. The zero-order valence-electron chi connectivity index (χ0n) is 13.5. The number of aromatic nitrogens is 3. The van der Waals surface area contributed by atoms with Gasteiger partial charge in [-0.3, -0.25) is 9.48 Å². The van der Waals surface area contributed by atoms with Crippen LogP contribution in [0.15, 0.2) is 6.20 Å². The molecule has 9 heteroatoms. The lowest BCUT2D eigenvalue weighted by atomic mass is 10.1. The summed E-state index contributed by atoms with van der Waals surface area (Å²) in [4.78, 5) is 11.7. The van der Waals surface area contributed by atoms with Gasteiger partial charge in [-0.25, -0.2) is 0 Å². The second-order valence-corrected chi connectivity index (χ2v) is 6.11. The maximum atomic E-state index is 11.7. The quantitative estimate of drug-likeness (QED) is 0.653. The van der Waals surface area contributed by atoms with Crippen LogP contribution in [-0.2, 0) is 22.7 Å². The second-order valence-electron chi connectivity index (χ2n) is 6.11. The average molecular weight is 349 g/mol. The van der Waals surface area contributed by atoms with Gasteiger partial charge in [0.2, 0.25) is 5.91 Å². The number of carbonyl (C=O) groups is 1. The van der Waals surface area contributed by atoms with Gasteiger partial charge in [0, 0.05) is 25.5 Å². The highest BCUT2D eigenvalue weighted by Gasteiger charge is 2.42. The first-order valence-electron chi connectivity index (χ1n) is 7.46. The summed E-state index contributed by atoms with van der Waals surface area (Å²) in [6.07, 6.45) is 0.394. The van der Waals surface area contributed by atoms with Gasteiger partial charge in [0.25, 0.3) is 0 Å². The molecule has 0 radical (unpaired) electrons. The molecule has 8 nitrogen and oxygen atoms in total. The van der Waals surface area contributed by atoms with E-state index in [1.165, 1.54) is 0 Å². The molecule has 1 heterocycles. The zero-order valence-corrected chi connectivity index (χ0v) is 14.4. The maximum absolute atomic E-state index is 11.7. The highest BCUT2D eigenvalue weighted by molar-refractivity contribution is 5.85. The van der Waals surface area contributed by atoms with Crippen molar-refractivity contribution in [1.82, 2.24) is 20.3 Å². The molecule has 23 heavy (non-hydrogen) atoms. The Balaban J connectivity index is 0.00000264. The molecular formula is C14H25ClN4O4. The van der Waals surface area contributed by atoms with Gasteiger partial charge in [-0.1, -0.05) is 19.1 Å². The first-order valence-corrected chi connectivity index (χ1v) is 7.46. The van der Waals surface area contributed by atoms with Gasteiger partial charge < -0.3 is 20.3 Å².